The minimum atomic E-state index is -0.0673. The number of aromatic nitrogens is 1. The van der Waals surface area contributed by atoms with Gasteiger partial charge in [0.25, 0.3) is 11.5 Å². The Labute approximate surface area is 220 Å². The summed E-state index contributed by atoms with van der Waals surface area (Å²) in [5.74, 6) is 1.77. The van der Waals surface area contributed by atoms with Gasteiger partial charge in [0.15, 0.2) is 0 Å². The van der Waals surface area contributed by atoms with Crippen LogP contribution >= 0.6 is 11.3 Å². The average Bonchev–Trinajstić information content (AvgIpc) is 3.06. The fourth-order valence-electron chi connectivity index (χ4n) is 6.76. The third kappa shape index (κ3) is 5.65. The van der Waals surface area contributed by atoms with Crippen LogP contribution in [0.4, 0.5) is 0 Å². The third-order valence-corrected chi connectivity index (χ3v) is 10.3. The molecule has 2 aromatic rings. The molecule has 6 heteroatoms. The fourth-order valence-corrected chi connectivity index (χ4v) is 8.22. The first-order chi connectivity index (χ1) is 17.4. The van der Waals surface area contributed by atoms with Gasteiger partial charge >= 0.3 is 0 Å². The first-order valence-electron chi connectivity index (χ1n) is 14.2. The van der Waals surface area contributed by atoms with Gasteiger partial charge in [0.2, 0.25) is 0 Å². The summed E-state index contributed by atoms with van der Waals surface area (Å²) in [5.41, 5.74) is 4.61. The normalized spacial score (nSPS) is 20.5. The number of carbonyl (C=O) groups excluding carboxylic acids is 1. The van der Waals surface area contributed by atoms with E-state index < -0.39 is 0 Å². The molecule has 2 aliphatic heterocycles. The third-order valence-electron chi connectivity index (χ3n) is 8.92. The van der Waals surface area contributed by atoms with Crippen LogP contribution in [0.2, 0.25) is 0 Å². The predicted molar refractivity (Wildman–Crippen MR) is 148 cm³/mol. The maximum absolute atomic E-state index is 13.7. The van der Waals surface area contributed by atoms with Gasteiger partial charge in [-0.1, -0.05) is 19.3 Å². The van der Waals surface area contributed by atoms with Crippen molar-refractivity contribution in [1.82, 2.24) is 14.8 Å². The SMILES string of the molecule is Cc1cc(C)c(CN2CCCc3sc(CC4CCN(CC5CCCCC5)CC4)c(C)c3C2=O)c(=O)[nH]1. The number of carbonyl (C=O) groups is 1. The second kappa shape index (κ2) is 11.2. The lowest BCUT2D eigenvalue weighted by atomic mass is 9.87. The van der Waals surface area contributed by atoms with Crippen LogP contribution in [0.15, 0.2) is 10.9 Å². The second-order valence-electron chi connectivity index (χ2n) is 11.7. The van der Waals surface area contributed by atoms with E-state index in [9.17, 15) is 9.59 Å². The lowest BCUT2D eigenvalue weighted by molar-refractivity contribution is 0.0747. The van der Waals surface area contributed by atoms with Gasteiger partial charge in [-0.3, -0.25) is 9.59 Å². The molecular formula is C30H43N3O2S. The largest absolute Gasteiger partial charge is 0.334 e. The summed E-state index contributed by atoms with van der Waals surface area (Å²) in [6.07, 6.45) is 12.8. The zero-order valence-corrected chi connectivity index (χ0v) is 23.3. The Kier molecular flexibility index (Phi) is 8.02. The molecule has 36 heavy (non-hydrogen) atoms. The lowest BCUT2D eigenvalue weighted by Gasteiger charge is -2.35. The Morgan fingerprint density at radius 1 is 0.944 bits per heavy atom. The molecule has 3 aliphatic rings. The molecule has 5 rings (SSSR count). The molecule has 1 N–H and O–H groups in total. The summed E-state index contributed by atoms with van der Waals surface area (Å²) < 4.78 is 0. The van der Waals surface area contributed by atoms with Crippen molar-refractivity contribution in [3.63, 3.8) is 0 Å². The molecule has 0 bridgehead atoms. The maximum Gasteiger partial charge on any atom is 0.255 e. The first-order valence-corrected chi connectivity index (χ1v) is 15.0. The van der Waals surface area contributed by atoms with Crippen molar-refractivity contribution >= 4 is 17.2 Å². The maximum atomic E-state index is 13.7. The van der Waals surface area contributed by atoms with Gasteiger partial charge in [-0.25, -0.2) is 0 Å². The van der Waals surface area contributed by atoms with Gasteiger partial charge < -0.3 is 14.8 Å². The zero-order valence-electron chi connectivity index (χ0n) is 22.5. The van der Waals surface area contributed by atoms with E-state index in [1.807, 2.05) is 36.2 Å². The number of thiophene rings is 1. The Morgan fingerprint density at radius 2 is 1.69 bits per heavy atom. The number of piperidine rings is 1. The van der Waals surface area contributed by atoms with Crippen LogP contribution in [0.25, 0.3) is 0 Å². The monoisotopic (exact) mass is 509 g/mol. The van der Waals surface area contributed by atoms with Gasteiger partial charge in [-0.15, -0.1) is 11.3 Å². The number of nitrogens with one attached hydrogen (secondary N) is 1. The van der Waals surface area contributed by atoms with E-state index >= 15 is 0 Å². The van der Waals surface area contributed by atoms with Crippen molar-refractivity contribution < 1.29 is 4.79 Å². The molecule has 0 aromatic carbocycles. The van der Waals surface area contributed by atoms with Crippen molar-refractivity contribution in [2.75, 3.05) is 26.2 Å². The summed E-state index contributed by atoms with van der Waals surface area (Å²) in [7, 11) is 0. The molecule has 196 valence electrons. The number of likely N-dealkylation sites (tertiary alicyclic amines) is 1. The number of fused-ring (bicyclic) bond motifs is 1. The van der Waals surface area contributed by atoms with E-state index in [4.69, 9.17) is 0 Å². The Morgan fingerprint density at radius 3 is 2.42 bits per heavy atom. The summed E-state index contributed by atoms with van der Waals surface area (Å²) in [6.45, 7) is 10.9. The van der Waals surface area contributed by atoms with E-state index in [1.165, 1.54) is 79.9 Å². The van der Waals surface area contributed by atoms with Crippen molar-refractivity contribution in [1.29, 1.82) is 0 Å². The number of nitrogens with zero attached hydrogens (tertiary/aromatic N) is 2. The summed E-state index contributed by atoms with van der Waals surface area (Å²) in [5, 5.41) is 0. The van der Waals surface area contributed by atoms with E-state index in [0.717, 1.165) is 47.9 Å². The van der Waals surface area contributed by atoms with Crippen LogP contribution < -0.4 is 5.56 Å². The lowest BCUT2D eigenvalue weighted by Crippen LogP contribution is -2.38. The van der Waals surface area contributed by atoms with Crippen molar-refractivity contribution in [2.24, 2.45) is 11.8 Å². The fraction of sp³-hybridized carbons (Fsp3) is 0.667. The highest BCUT2D eigenvalue weighted by Crippen LogP contribution is 2.36. The van der Waals surface area contributed by atoms with Crippen LogP contribution in [0.3, 0.4) is 0 Å². The number of hydrogen-bond donors (Lipinski definition) is 1. The Bertz CT molecular complexity index is 1140. The minimum Gasteiger partial charge on any atom is -0.334 e. The number of H-pyrrole nitrogens is 1. The van der Waals surface area contributed by atoms with E-state index in [0.29, 0.717) is 18.7 Å². The van der Waals surface area contributed by atoms with E-state index in [-0.39, 0.29) is 11.5 Å². The molecule has 1 saturated carbocycles. The highest BCUT2D eigenvalue weighted by Gasteiger charge is 2.30. The predicted octanol–water partition coefficient (Wildman–Crippen LogP) is 5.79. The van der Waals surface area contributed by atoms with E-state index in [2.05, 4.69) is 16.8 Å². The summed E-state index contributed by atoms with van der Waals surface area (Å²) >= 11 is 1.89. The van der Waals surface area contributed by atoms with Crippen molar-refractivity contribution in [3.8, 4) is 0 Å². The number of pyridine rings is 1. The number of aromatic amines is 1. The number of amides is 1. The molecule has 2 fully saturated rings. The zero-order chi connectivity index (χ0) is 25.2. The molecule has 4 heterocycles. The van der Waals surface area contributed by atoms with Gasteiger partial charge in [-0.05, 0) is 108 Å². The quantitative estimate of drug-likeness (QED) is 0.537. The Balaban J connectivity index is 1.24. The van der Waals surface area contributed by atoms with Gasteiger partial charge in [0, 0.05) is 34.1 Å². The Hall–Kier alpha value is -1.92. The molecule has 1 saturated heterocycles. The molecular weight excluding hydrogens is 466 g/mol. The van der Waals surface area contributed by atoms with E-state index in [1.54, 1.807) is 0 Å². The smallest absolute Gasteiger partial charge is 0.255 e. The van der Waals surface area contributed by atoms with Crippen LogP contribution in [0.5, 0.6) is 0 Å². The summed E-state index contributed by atoms with van der Waals surface area (Å²) in [6, 6.07) is 2.00. The average molecular weight is 510 g/mol. The molecule has 0 atom stereocenters. The first kappa shape index (κ1) is 25.7. The van der Waals surface area contributed by atoms with Gasteiger partial charge in [0.1, 0.15) is 0 Å². The molecule has 0 spiro atoms. The number of rotatable bonds is 6. The van der Waals surface area contributed by atoms with Crippen LogP contribution in [0, 0.1) is 32.6 Å². The number of hydrogen-bond acceptors (Lipinski definition) is 4. The summed E-state index contributed by atoms with van der Waals surface area (Å²) in [4.78, 5) is 36.5. The molecule has 0 radical (unpaired) electrons. The molecule has 1 amide bonds. The standard InChI is InChI=1S/C30H43N3O2S/c1-20-16-21(2)31-29(34)25(20)19-33-13-7-10-26-28(30(33)35)22(3)27(36-26)17-23-11-14-32(15-12-23)18-24-8-5-4-6-9-24/h16,23-24H,4-15,17-19H2,1-3H3,(H,31,34). The highest BCUT2D eigenvalue weighted by atomic mass is 32.1. The molecule has 5 nitrogen and oxygen atoms in total. The second-order valence-corrected chi connectivity index (χ2v) is 12.9. The molecule has 1 aliphatic carbocycles. The highest BCUT2D eigenvalue weighted by molar-refractivity contribution is 7.12. The van der Waals surface area contributed by atoms with Gasteiger partial charge in [-0.2, -0.15) is 0 Å². The van der Waals surface area contributed by atoms with Crippen molar-refractivity contribution in [2.45, 2.75) is 91.5 Å². The van der Waals surface area contributed by atoms with Crippen LogP contribution in [-0.2, 0) is 19.4 Å². The van der Waals surface area contributed by atoms with Gasteiger partial charge in [0.05, 0.1) is 12.1 Å². The van der Waals surface area contributed by atoms with Crippen LogP contribution in [-0.4, -0.2) is 46.9 Å². The number of aryl methyl sites for hydroxylation is 3. The topological polar surface area (TPSA) is 56.4 Å². The molecule has 0 unspecified atom stereocenters. The minimum absolute atomic E-state index is 0.0673. The molecule has 2 aromatic heterocycles. The van der Waals surface area contributed by atoms with Crippen molar-refractivity contribution in [3.05, 3.63) is 54.1 Å². The van der Waals surface area contributed by atoms with Crippen LogP contribution in [0.1, 0.15) is 93.9 Å².